The lowest BCUT2D eigenvalue weighted by Gasteiger charge is -2.36. The molecule has 1 N–H and O–H groups in total. The summed E-state index contributed by atoms with van der Waals surface area (Å²) in [5.74, 6) is -0.197. The molecule has 1 fully saturated rings. The molecule has 9 heteroatoms. The Hall–Kier alpha value is -2.10. The molecule has 2 aliphatic rings. The van der Waals surface area contributed by atoms with E-state index in [1.54, 1.807) is 23.1 Å². The highest BCUT2D eigenvalue weighted by atomic mass is 32.2. The summed E-state index contributed by atoms with van der Waals surface area (Å²) in [7, 11) is -3.89. The number of morpholine rings is 1. The van der Waals surface area contributed by atoms with E-state index in [0.29, 0.717) is 38.3 Å². The lowest BCUT2D eigenvalue weighted by Crippen LogP contribution is -2.47. The van der Waals surface area contributed by atoms with Crippen molar-refractivity contribution in [2.45, 2.75) is 24.7 Å². The van der Waals surface area contributed by atoms with Gasteiger partial charge in [0.05, 0.1) is 24.7 Å². The Morgan fingerprint density at radius 1 is 1.25 bits per heavy atom. The number of aliphatic hydroxyl groups excluding tert-OH is 1. The van der Waals surface area contributed by atoms with Crippen LogP contribution in [0.4, 0.5) is 0 Å². The summed E-state index contributed by atoms with van der Waals surface area (Å²) in [4.78, 5) is 15.1. The first kappa shape index (κ1) is 20.6. The summed E-state index contributed by atoms with van der Waals surface area (Å²) in [6, 6.07) is 6.49. The van der Waals surface area contributed by atoms with Crippen LogP contribution in [-0.4, -0.2) is 74.7 Å². The number of ether oxygens (including phenoxy) is 2. The maximum absolute atomic E-state index is 13.4. The molecule has 1 saturated heterocycles. The first-order valence-corrected chi connectivity index (χ1v) is 10.9. The van der Waals surface area contributed by atoms with Gasteiger partial charge in [-0.2, -0.15) is 0 Å². The molecule has 0 spiro atoms. The molecule has 0 aliphatic carbocycles. The minimum Gasteiger partial charge on any atom is -0.488 e. The third kappa shape index (κ3) is 3.87. The van der Waals surface area contributed by atoms with Crippen LogP contribution in [-0.2, 0) is 24.3 Å². The van der Waals surface area contributed by atoms with Crippen LogP contribution in [0.3, 0.4) is 0 Å². The van der Waals surface area contributed by atoms with Crippen molar-refractivity contribution in [3.05, 3.63) is 35.5 Å². The molecule has 0 aromatic heterocycles. The maximum atomic E-state index is 13.4. The number of carbonyl (C=O) groups excluding carboxylic acids is 1. The number of benzene rings is 1. The van der Waals surface area contributed by atoms with E-state index in [2.05, 4.69) is 0 Å². The van der Waals surface area contributed by atoms with Gasteiger partial charge in [-0.15, -0.1) is 0 Å². The molecular weight excluding hydrogens is 384 g/mol. The van der Waals surface area contributed by atoms with Gasteiger partial charge in [0.2, 0.25) is 0 Å². The summed E-state index contributed by atoms with van der Waals surface area (Å²) in [5, 5.41) is 9.24. The van der Waals surface area contributed by atoms with E-state index in [9.17, 15) is 18.3 Å². The third-order valence-corrected chi connectivity index (χ3v) is 6.57. The maximum Gasteiger partial charge on any atom is 0.275 e. The van der Waals surface area contributed by atoms with Gasteiger partial charge in [-0.05, 0) is 18.6 Å². The SMILES string of the molecule is CCCCN1C(C(=O)N2CCOCC2)=C(OCCO)c2ccccc2S1(=O)=O. The molecule has 0 bridgehead atoms. The average Bonchev–Trinajstić information content (AvgIpc) is 2.72. The Labute approximate surface area is 165 Å². The van der Waals surface area contributed by atoms with Gasteiger partial charge in [0.15, 0.2) is 11.5 Å². The molecule has 154 valence electrons. The lowest BCUT2D eigenvalue weighted by molar-refractivity contribution is -0.132. The van der Waals surface area contributed by atoms with E-state index in [1.807, 2.05) is 6.92 Å². The van der Waals surface area contributed by atoms with Gasteiger partial charge in [0, 0.05) is 25.2 Å². The Morgan fingerprint density at radius 3 is 2.64 bits per heavy atom. The van der Waals surface area contributed by atoms with Crippen LogP contribution in [0.1, 0.15) is 25.3 Å². The average molecular weight is 410 g/mol. The van der Waals surface area contributed by atoms with Crippen LogP contribution >= 0.6 is 0 Å². The van der Waals surface area contributed by atoms with Crippen molar-refractivity contribution in [3.63, 3.8) is 0 Å². The van der Waals surface area contributed by atoms with E-state index < -0.39 is 15.9 Å². The Bertz CT molecular complexity index is 846. The van der Waals surface area contributed by atoms with Crippen LogP contribution in [0, 0.1) is 0 Å². The number of carbonyl (C=O) groups is 1. The van der Waals surface area contributed by atoms with E-state index in [1.165, 1.54) is 10.4 Å². The summed E-state index contributed by atoms with van der Waals surface area (Å²) in [6.07, 6.45) is 1.38. The van der Waals surface area contributed by atoms with Crippen molar-refractivity contribution < 1.29 is 27.8 Å². The van der Waals surface area contributed by atoms with Crippen molar-refractivity contribution >= 4 is 21.7 Å². The summed E-state index contributed by atoms with van der Waals surface area (Å²) < 4.78 is 38.9. The molecule has 8 nitrogen and oxygen atoms in total. The van der Waals surface area contributed by atoms with E-state index in [4.69, 9.17) is 9.47 Å². The van der Waals surface area contributed by atoms with Crippen LogP contribution in [0.5, 0.6) is 0 Å². The normalized spacial score (nSPS) is 18.8. The number of rotatable bonds is 7. The van der Waals surface area contributed by atoms with Gasteiger partial charge in [-0.1, -0.05) is 25.5 Å². The van der Waals surface area contributed by atoms with Gasteiger partial charge >= 0.3 is 0 Å². The van der Waals surface area contributed by atoms with Crippen molar-refractivity contribution in [2.24, 2.45) is 0 Å². The number of sulfonamides is 1. The largest absolute Gasteiger partial charge is 0.488 e. The molecule has 2 aliphatic heterocycles. The highest BCUT2D eigenvalue weighted by Crippen LogP contribution is 2.38. The Morgan fingerprint density at radius 2 is 1.96 bits per heavy atom. The smallest absolute Gasteiger partial charge is 0.275 e. The zero-order chi connectivity index (χ0) is 20.1. The highest BCUT2D eigenvalue weighted by Gasteiger charge is 2.42. The molecule has 1 amide bonds. The van der Waals surface area contributed by atoms with Gasteiger partial charge in [0.1, 0.15) is 6.61 Å². The fourth-order valence-corrected chi connectivity index (χ4v) is 5.00. The summed E-state index contributed by atoms with van der Waals surface area (Å²) >= 11 is 0. The topological polar surface area (TPSA) is 96.4 Å². The number of amides is 1. The standard InChI is InChI=1S/C19H26N2O6S/c1-2-3-8-21-17(19(23)20-9-12-26-13-10-20)18(27-14-11-22)15-6-4-5-7-16(15)28(21,24)25/h4-7,22H,2-3,8-14H2,1H3. The minimum absolute atomic E-state index is 0.0162. The molecule has 1 aromatic carbocycles. The molecule has 28 heavy (non-hydrogen) atoms. The van der Waals surface area contributed by atoms with Crippen molar-refractivity contribution in [1.29, 1.82) is 0 Å². The zero-order valence-corrected chi connectivity index (χ0v) is 16.8. The number of hydrogen-bond donors (Lipinski definition) is 1. The molecular formula is C19H26N2O6S. The second kappa shape index (κ2) is 8.93. The van der Waals surface area contributed by atoms with E-state index in [-0.39, 0.29) is 36.1 Å². The third-order valence-electron chi connectivity index (χ3n) is 4.72. The van der Waals surface area contributed by atoms with Crippen molar-refractivity contribution in [2.75, 3.05) is 46.1 Å². The number of aliphatic hydroxyl groups is 1. The quantitative estimate of drug-likeness (QED) is 0.721. The number of fused-ring (bicyclic) bond motifs is 1. The van der Waals surface area contributed by atoms with E-state index >= 15 is 0 Å². The second-order valence-electron chi connectivity index (χ2n) is 6.58. The summed E-state index contributed by atoms with van der Waals surface area (Å²) in [6.45, 7) is 3.45. The van der Waals surface area contributed by atoms with Gasteiger partial charge < -0.3 is 19.5 Å². The van der Waals surface area contributed by atoms with Crippen LogP contribution in [0.15, 0.2) is 34.9 Å². The zero-order valence-electron chi connectivity index (χ0n) is 16.0. The van der Waals surface area contributed by atoms with E-state index in [0.717, 1.165) is 6.42 Å². The van der Waals surface area contributed by atoms with Gasteiger partial charge in [-0.3, -0.25) is 9.10 Å². The number of unbranched alkanes of at least 4 members (excludes halogenated alkanes) is 1. The van der Waals surface area contributed by atoms with Crippen LogP contribution in [0.25, 0.3) is 5.76 Å². The molecule has 0 unspecified atom stereocenters. The molecule has 0 radical (unpaired) electrons. The first-order valence-electron chi connectivity index (χ1n) is 9.49. The highest BCUT2D eigenvalue weighted by molar-refractivity contribution is 7.89. The molecule has 3 rings (SSSR count). The number of hydrogen-bond acceptors (Lipinski definition) is 6. The first-order chi connectivity index (χ1) is 13.5. The van der Waals surface area contributed by atoms with Gasteiger partial charge in [0.25, 0.3) is 15.9 Å². The molecule has 0 saturated carbocycles. The Balaban J connectivity index is 2.17. The molecule has 2 heterocycles. The number of nitrogens with zero attached hydrogens (tertiary/aromatic N) is 2. The second-order valence-corrected chi connectivity index (χ2v) is 8.41. The summed E-state index contributed by atoms with van der Waals surface area (Å²) in [5.41, 5.74) is 0.364. The molecule has 1 aromatic rings. The van der Waals surface area contributed by atoms with Crippen LogP contribution in [0.2, 0.25) is 0 Å². The lowest BCUT2D eigenvalue weighted by atomic mass is 10.1. The predicted octanol–water partition coefficient (Wildman–Crippen LogP) is 1.03. The van der Waals surface area contributed by atoms with Gasteiger partial charge in [-0.25, -0.2) is 8.42 Å². The minimum atomic E-state index is -3.89. The monoisotopic (exact) mass is 410 g/mol. The molecule has 0 atom stereocenters. The van der Waals surface area contributed by atoms with Crippen molar-refractivity contribution in [1.82, 2.24) is 9.21 Å². The fourth-order valence-electron chi connectivity index (χ4n) is 3.31. The Kier molecular flexibility index (Phi) is 6.58. The fraction of sp³-hybridized carbons (Fsp3) is 0.526. The van der Waals surface area contributed by atoms with Crippen LogP contribution < -0.4 is 0 Å². The predicted molar refractivity (Wildman–Crippen MR) is 103 cm³/mol. The van der Waals surface area contributed by atoms with Crippen molar-refractivity contribution in [3.8, 4) is 0 Å².